The van der Waals surface area contributed by atoms with Crippen molar-refractivity contribution in [3.63, 3.8) is 0 Å². The van der Waals surface area contributed by atoms with E-state index >= 15 is 0 Å². The maximum absolute atomic E-state index is 5.90. The molecular formula is C17H19ClN2. The number of benzene rings is 2. The third kappa shape index (κ3) is 3.14. The molecule has 2 aromatic rings. The van der Waals surface area contributed by atoms with Gasteiger partial charge in [-0.15, -0.1) is 0 Å². The Labute approximate surface area is 125 Å². The second-order valence-corrected chi connectivity index (χ2v) is 5.82. The number of anilines is 1. The summed E-state index contributed by atoms with van der Waals surface area (Å²) in [5, 5.41) is 4.20. The van der Waals surface area contributed by atoms with Gasteiger partial charge in [0.2, 0.25) is 0 Å². The minimum absolute atomic E-state index is 0.129. The Morgan fingerprint density at radius 3 is 2.25 bits per heavy atom. The first kappa shape index (κ1) is 13.5. The van der Waals surface area contributed by atoms with Crippen LogP contribution in [-0.4, -0.2) is 6.54 Å². The van der Waals surface area contributed by atoms with E-state index in [0.29, 0.717) is 6.54 Å². The molecule has 20 heavy (non-hydrogen) atoms. The third-order valence-corrected chi connectivity index (χ3v) is 4.06. The molecule has 1 fully saturated rings. The fraction of sp³-hybridized carbons (Fsp3) is 0.294. The SMILES string of the molecule is NCC(Nc1ccc(Cl)cc1)c1ccc(C2CC2)cc1. The molecular weight excluding hydrogens is 268 g/mol. The second kappa shape index (κ2) is 5.86. The van der Waals surface area contributed by atoms with Crippen LogP contribution in [0.15, 0.2) is 48.5 Å². The fourth-order valence-corrected chi connectivity index (χ4v) is 2.57. The average Bonchev–Trinajstić information content (AvgIpc) is 3.32. The van der Waals surface area contributed by atoms with Gasteiger partial charge in [0, 0.05) is 17.3 Å². The number of hydrogen-bond donors (Lipinski definition) is 2. The van der Waals surface area contributed by atoms with Gasteiger partial charge in [-0.25, -0.2) is 0 Å². The molecule has 0 radical (unpaired) electrons. The summed E-state index contributed by atoms with van der Waals surface area (Å²) in [5.41, 5.74) is 9.63. The molecule has 3 N–H and O–H groups in total. The first-order chi connectivity index (χ1) is 9.76. The van der Waals surface area contributed by atoms with E-state index in [1.807, 2.05) is 24.3 Å². The lowest BCUT2D eigenvalue weighted by Crippen LogP contribution is -2.20. The molecule has 0 bridgehead atoms. The van der Waals surface area contributed by atoms with Crippen molar-refractivity contribution in [1.82, 2.24) is 0 Å². The molecule has 0 heterocycles. The number of hydrogen-bond acceptors (Lipinski definition) is 2. The van der Waals surface area contributed by atoms with Crippen molar-refractivity contribution in [2.75, 3.05) is 11.9 Å². The number of halogens is 1. The topological polar surface area (TPSA) is 38.0 Å². The van der Waals surface area contributed by atoms with Gasteiger partial charge in [0.05, 0.1) is 6.04 Å². The summed E-state index contributed by atoms with van der Waals surface area (Å²) in [5.74, 6) is 0.796. The number of rotatable bonds is 5. The molecule has 1 unspecified atom stereocenters. The Kier molecular flexibility index (Phi) is 3.95. The minimum atomic E-state index is 0.129. The smallest absolute Gasteiger partial charge is 0.0636 e. The molecule has 0 aromatic heterocycles. The molecule has 104 valence electrons. The number of nitrogens with two attached hydrogens (primary N) is 1. The summed E-state index contributed by atoms with van der Waals surface area (Å²) >= 11 is 5.90. The summed E-state index contributed by atoms with van der Waals surface area (Å²) < 4.78 is 0. The lowest BCUT2D eigenvalue weighted by atomic mass is 10.0. The summed E-state index contributed by atoms with van der Waals surface area (Å²) in [6.07, 6.45) is 2.67. The van der Waals surface area contributed by atoms with Crippen molar-refractivity contribution in [3.8, 4) is 0 Å². The highest BCUT2D eigenvalue weighted by Gasteiger charge is 2.23. The molecule has 2 aromatic carbocycles. The zero-order valence-corrected chi connectivity index (χ0v) is 12.1. The lowest BCUT2D eigenvalue weighted by molar-refractivity contribution is 0.789. The summed E-state index contributed by atoms with van der Waals surface area (Å²) in [7, 11) is 0. The van der Waals surface area contributed by atoms with Crippen LogP contribution in [0.25, 0.3) is 0 Å². The largest absolute Gasteiger partial charge is 0.377 e. The van der Waals surface area contributed by atoms with E-state index in [1.54, 1.807) is 0 Å². The van der Waals surface area contributed by atoms with Crippen LogP contribution < -0.4 is 11.1 Å². The van der Waals surface area contributed by atoms with Crippen LogP contribution in [-0.2, 0) is 0 Å². The first-order valence-corrected chi connectivity index (χ1v) is 7.46. The van der Waals surface area contributed by atoms with Crippen molar-refractivity contribution in [2.24, 2.45) is 5.73 Å². The predicted octanol–water partition coefficient (Wildman–Crippen LogP) is 4.33. The zero-order valence-electron chi connectivity index (χ0n) is 11.4. The Bertz CT molecular complexity index is 559. The van der Waals surface area contributed by atoms with Gasteiger partial charge in [0.1, 0.15) is 0 Å². The molecule has 1 atom stereocenters. The Morgan fingerprint density at radius 1 is 1.05 bits per heavy atom. The van der Waals surface area contributed by atoms with Gasteiger partial charge in [-0.2, -0.15) is 0 Å². The molecule has 0 spiro atoms. The van der Waals surface area contributed by atoms with Crippen molar-refractivity contribution in [1.29, 1.82) is 0 Å². The van der Waals surface area contributed by atoms with Gasteiger partial charge in [-0.05, 0) is 54.2 Å². The Morgan fingerprint density at radius 2 is 1.70 bits per heavy atom. The van der Waals surface area contributed by atoms with Crippen molar-refractivity contribution in [3.05, 3.63) is 64.7 Å². The van der Waals surface area contributed by atoms with Crippen LogP contribution in [0.4, 0.5) is 5.69 Å². The van der Waals surface area contributed by atoms with Crippen LogP contribution in [0, 0.1) is 0 Å². The maximum atomic E-state index is 5.90. The molecule has 3 heteroatoms. The maximum Gasteiger partial charge on any atom is 0.0636 e. The third-order valence-electron chi connectivity index (χ3n) is 3.81. The molecule has 1 aliphatic rings. The zero-order chi connectivity index (χ0) is 13.9. The highest BCUT2D eigenvalue weighted by molar-refractivity contribution is 6.30. The summed E-state index contributed by atoms with van der Waals surface area (Å²) in [6.45, 7) is 0.561. The van der Waals surface area contributed by atoms with Gasteiger partial charge in [0.25, 0.3) is 0 Å². The monoisotopic (exact) mass is 286 g/mol. The molecule has 2 nitrogen and oxygen atoms in total. The average molecular weight is 287 g/mol. The normalized spacial score (nSPS) is 15.9. The Balaban J connectivity index is 1.73. The Hall–Kier alpha value is -1.51. The molecule has 0 aliphatic heterocycles. The quantitative estimate of drug-likeness (QED) is 0.858. The molecule has 1 aliphatic carbocycles. The second-order valence-electron chi connectivity index (χ2n) is 5.38. The van der Waals surface area contributed by atoms with E-state index < -0.39 is 0 Å². The molecule has 0 amide bonds. The highest BCUT2D eigenvalue weighted by atomic mass is 35.5. The van der Waals surface area contributed by atoms with E-state index in [-0.39, 0.29) is 6.04 Å². The van der Waals surface area contributed by atoms with Crippen LogP contribution in [0.5, 0.6) is 0 Å². The molecule has 1 saturated carbocycles. The molecule has 3 rings (SSSR count). The van der Waals surface area contributed by atoms with Crippen molar-refractivity contribution in [2.45, 2.75) is 24.8 Å². The van der Waals surface area contributed by atoms with Gasteiger partial charge in [0.15, 0.2) is 0 Å². The number of nitrogens with one attached hydrogen (secondary N) is 1. The van der Waals surface area contributed by atoms with Gasteiger partial charge in [-0.3, -0.25) is 0 Å². The highest BCUT2D eigenvalue weighted by Crippen LogP contribution is 2.40. The van der Waals surface area contributed by atoms with Gasteiger partial charge in [-0.1, -0.05) is 35.9 Å². The summed E-state index contributed by atoms with van der Waals surface area (Å²) in [6, 6.07) is 16.7. The van der Waals surface area contributed by atoms with Crippen molar-refractivity contribution < 1.29 is 0 Å². The minimum Gasteiger partial charge on any atom is -0.377 e. The lowest BCUT2D eigenvalue weighted by Gasteiger charge is -2.19. The fourth-order valence-electron chi connectivity index (χ4n) is 2.44. The first-order valence-electron chi connectivity index (χ1n) is 7.08. The van der Waals surface area contributed by atoms with E-state index in [0.717, 1.165) is 16.6 Å². The predicted molar refractivity (Wildman–Crippen MR) is 85.3 cm³/mol. The van der Waals surface area contributed by atoms with E-state index in [1.165, 1.54) is 24.0 Å². The van der Waals surface area contributed by atoms with E-state index in [4.69, 9.17) is 17.3 Å². The van der Waals surface area contributed by atoms with Gasteiger partial charge >= 0.3 is 0 Å². The van der Waals surface area contributed by atoms with Crippen LogP contribution in [0.1, 0.15) is 35.9 Å². The van der Waals surface area contributed by atoms with Crippen LogP contribution >= 0.6 is 11.6 Å². The van der Waals surface area contributed by atoms with Crippen LogP contribution in [0.2, 0.25) is 5.02 Å². The summed E-state index contributed by atoms with van der Waals surface area (Å²) in [4.78, 5) is 0. The standard InChI is InChI=1S/C17H19ClN2/c18-15-7-9-16(10-8-15)20-17(11-19)14-5-3-13(4-6-14)12-1-2-12/h3-10,12,17,20H,1-2,11,19H2. The van der Waals surface area contributed by atoms with E-state index in [2.05, 4.69) is 29.6 Å². The van der Waals surface area contributed by atoms with Crippen molar-refractivity contribution >= 4 is 17.3 Å². The van der Waals surface area contributed by atoms with Gasteiger partial charge < -0.3 is 11.1 Å². The van der Waals surface area contributed by atoms with Crippen LogP contribution in [0.3, 0.4) is 0 Å². The molecule has 0 saturated heterocycles. The van der Waals surface area contributed by atoms with E-state index in [9.17, 15) is 0 Å².